The number of carboxylic acids is 1. The van der Waals surface area contributed by atoms with E-state index in [1.54, 1.807) is 0 Å². The normalized spacial score (nSPS) is 13.1. The van der Waals surface area contributed by atoms with Gasteiger partial charge in [-0.1, -0.05) is 167 Å². The Kier molecular flexibility index (Phi) is 38.0. The van der Waals surface area contributed by atoms with Crippen molar-refractivity contribution in [3.63, 3.8) is 0 Å². The van der Waals surface area contributed by atoms with E-state index in [0.717, 1.165) is 44.9 Å². The highest BCUT2D eigenvalue weighted by Gasteiger charge is 2.25. The second-order valence-corrected chi connectivity index (χ2v) is 16.7. The van der Waals surface area contributed by atoms with E-state index in [1.165, 1.54) is 128 Å². The molecular formula is C47H88NO8+. The number of unbranched alkanes of at least 4 members (excludes halogenated alkanes) is 23. The van der Waals surface area contributed by atoms with Crippen molar-refractivity contribution in [3.05, 3.63) is 24.3 Å². The van der Waals surface area contributed by atoms with Crippen LogP contribution in [-0.4, -0.2) is 87.4 Å². The van der Waals surface area contributed by atoms with Gasteiger partial charge >= 0.3 is 17.9 Å². The summed E-state index contributed by atoms with van der Waals surface area (Å²) in [5, 5.41) is 9.59. The maximum atomic E-state index is 12.7. The Labute approximate surface area is 344 Å². The number of likely N-dealkylation sites (N-methyl/N-ethyl adjacent to an activating group) is 1. The number of aliphatic carboxylic acids is 1. The number of carboxylic acid groups (broad SMARTS) is 1. The number of ether oxygens (including phenoxy) is 4. The predicted octanol–water partition coefficient (Wildman–Crippen LogP) is 12.1. The molecule has 0 spiro atoms. The number of rotatable bonds is 42. The molecule has 2 unspecified atom stereocenters. The molecule has 0 aliphatic heterocycles. The van der Waals surface area contributed by atoms with Gasteiger partial charge in [-0.05, 0) is 44.9 Å². The Morgan fingerprint density at radius 1 is 0.536 bits per heavy atom. The van der Waals surface area contributed by atoms with Crippen LogP contribution in [0.15, 0.2) is 24.3 Å². The summed E-state index contributed by atoms with van der Waals surface area (Å²) in [6.45, 7) is 4.80. The van der Waals surface area contributed by atoms with Gasteiger partial charge in [0.1, 0.15) is 13.2 Å². The number of carbonyl (C=O) groups is 3. The van der Waals surface area contributed by atoms with Gasteiger partial charge in [0.2, 0.25) is 0 Å². The number of hydrogen-bond acceptors (Lipinski definition) is 7. The summed E-state index contributed by atoms with van der Waals surface area (Å²) < 4.78 is 22.6. The van der Waals surface area contributed by atoms with Gasteiger partial charge in [-0.25, -0.2) is 4.79 Å². The number of quaternary nitrogens is 1. The van der Waals surface area contributed by atoms with E-state index < -0.39 is 24.3 Å². The molecule has 56 heavy (non-hydrogen) atoms. The van der Waals surface area contributed by atoms with Gasteiger partial charge in [-0.15, -0.1) is 0 Å². The van der Waals surface area contributed by atoms with Crippen molar-refractivity contribution in [2.75, 3.05) is 47.5 Å². The van der Waals surface area contributed by atoms with E-state index in [2.05, 4.69) is 38.2 Å². The van der Waals surface area contributed by atoms with Crippen LogP contribution in [0.3, 0.4) is 0 Å². The Hall–Kier alpha value is -2.23. The van der Waals surface area contributed by atoms with Gasteiger partial charge in [0.15, 0.2) is 6.10 Å². The number of nitrogens with zero attached hydrogens (tertiary/aromatic N) is 1. The molecule has 328 valence electrons. The third-order valence-electron chi connectivity index (χ3n) is 9.96. The molecule has 0 aliphatic carbocycles. The van der Waals surface area contributed by atoms with Crippen molar-refractivity contribution in [1.82, 2.24) is 0 Å². The molecule has 0 aliphatic rings. The van der Waals surface area contributed by atoms with Gasteiger partial charge in [0.05, 0.1) is 34.4 Å². The Bertz CT molecular complexity index is 976. The zero-order valence-corrected chi connectivity index (χ0v) is 37.1. The van der Waals surface area contributed by atoms with Crippen molar-refractivity contribution in [2.45, 2.75) is 212 Å². The van der Waals surface area contributed by atoms with Crippen LogP contribution in [0.25, 0.3) is 0 Å². The fraction of sp³-hybridized carbons (Fsp3) is 0.851. The van der Waals surface area contributed by atoms with Crippen molar-refractivity contribution in [2.24, 2.45) is 0 Å². The van der Waals surface area contributed by atoms with Crippen LogP contribution in [0.5, 0.6) is 0 Å². The second-order valence-electron chi connectivity index (χ2n) is 16.7. The van der Waals surface area contributed by atoms with Gasteiger partial charge in [-0.2, -0.15) is 0 Å². The summed E-state index contributed by atoms with van der Waals surface area (Å²) in [4.78, 5) is 36.8. The maximum Gasteiger partial charge on any atom is 0.361 e. The lowest BCUT2D eigenvalue weighted by atomic mass is 10.0. The molecule has 1 N–H and O–H groups in total. The second kappa shape index (κ2) is 39.6. The highest BCUT2D eigenvalue weighted by molar-refractivity contribution is 5.71. The molecule has 0 heterocycles. The molecular weight excluding hydrogens is 707 g/mol. The highest BCUT2D eigenvalue weighted by atomic mass is 16.7. The summed E-state index contributed by atoms with van der Waals surface area (Å²) >= 11 is 0. The lowest BCUT2D eigenvalue weighted by Crippen LogP contribution is -2.40. The quantitative estimate of drug-likeness (QED) is 0.0214. The number of hydrogen-bond donors (Lipinski definition) is 1. The maximum absolute atomic E-state index is 12.7. The topological polar surface area (TPSA) is 108 Å². The summed E-state index contributed by atoms with van der Waals surface area (Å²) in [7, 11) is 5.95. The predicted molar refractivity (Wildman–Crippen MR) is 231 cm³/mol. The fourth-order valence-electron chi connectivity index (χ4n) is 6.34. The summed E-state index contributed by atoms with van der Waals surface area (Å²) in [6.07, 6.45) is 39.9. The smallest absolute Gasteiger partial charge is 0.361 e. The molecule has 0 saturated carbocycles. The van der Waals surface area contributed by atoms with Crippen LogP contribution in [-0.2, 0) is 33.3 Å². The van der Waals surface area contributed by atoms with E-state index in [4.69, 9.17) is 18.9 Å². The summed E-state index contributed by atoms with van der Waals surface area (Å²) in [5.41, 5.74) is 0. The van der Waals surface area contributed by atoms with Crippen LogP contribution in [0.4, 0.5) is 0 Å². The van der Waals surface area contributed by atoms with Gasteiger partial charge in [0, 0.05) is 12.8 Å². The summed E-state index contributed by atoms with van der Waals surface area (Å²) in [5.74, 6) is -2.01. The molecule has 0 amide bonds. The van der Waals surface area contributed by atoms with Crippen molar-refractivity contribution in [3.8, 4) is 0 Å². The average molecular weight is 795 g/mol. The minimum atomic E-state index is -1.50. The Morgan fingerprint density at radius 2 is 0.964 bits per heavy atom. The average Bonchev–Trinajstić information content (AvgIpc) is 3.15. The zero-order valence-electron chi connectivity index (χ0n) is 37.1. The molecule has 2 atom stereocenters. The standard InChI is InChI=1S/C47H87NO8/c1-6-8-10-12-14-15-16-17-18-19-20-21-22-23-24-25-26-27-28-29-30-31-32-34-36-38-45(50)56-43(41-54-44(49)37-35-33-13-11-9-7-2)42-55-47(46(51)52)53-40-39-48(3,4)5/h16-17,19-20,43,47H,6-15,18,21-42H2,1-5H3/p+1/b17-16-,20-19-. The van der Waals surface area contributed by atoms with Crippen molar-refractivity contribution in [1.29, 1.82) is 0 Å². The molecule has 0 bridgehead atoms. The van der Waals surface area contributed by atoms with Crippen molar-refractivity contribution >= 4 is 17.9 Å². The third kappa shape index (κ3) is 40.0. The van der Waals surface area contributed by atoms with Crippen LogP contribution in [0.1, 0.15) is 200 Å². The van der Waals surface area contributed by atoms with Crippen LogP contribution in [0.2, 0.25) is 0 Å². The molecule has 0 aromatic heterocycles. The lowest BCUT2D eigenvalue weighted by molar-refractivity contribution is -0.870. The van der Waals surface area contributed by atoms with Crippen molar-refractivity contribution < 1.29 is 42.9 Å². The number of esters is 2. The molecule has 0 aromatic rings. The van der Waals surface area contributed by atoms with E-state index >= 15 is 0 Å². The Morgan fingerprint density at radius 3 is 1.41 bits per heavy atom. The SMILES string of the molecule is CCCCCCC/C=C\C/C=C\CCCCCCCCCCCCCCCC(=O)OC(COC(=O)CCCCCCCC)COC(OCC[N+](C)(C)C)C(=O)O. The van der Waals surface area contributed by atoms with E-state index in [9.17, 15) is 19.5 Å². The molecule has 0 rings (SSSR count). The Balaban J connectivity index is 4.14. The highest BCUT2D eigenvalue weighted by Crippen LogP contribution is 2.15. The first-order valence-corrected chi connectivity index (χ1v) is 23.0. The largest absolute Gasteiger partial charge is 0.477 e. The fourth-order valence-corrected chi connectivity index (χ4v) is 6.34. The first-order valence-electron chi connectivity index (χ1n) is 23.0. The first kappa shape index (κ1) is 53.8. The molecule has 0 radical (unpaired) electrons. The summed E-state index contributed by atoms with van der Waals surface area (Å²) in [6, 6.07) is 0. The van der Waals surface area contributed by atoms with Gasteiger partial charge < -0.3 is 28.5 Å². The molecule has 9 heteroatoms. The molecule has 0 saturated heterocycles. The molecule has 0 fully saturated rings. The molecule has 0 aromatic carbocycles. The van der Waals surface area contributed by atoms with Crippen LogP contribution >= 0.6 is 0 Å². The van der Waals surface area contributed by atoms with Gasteiger partial charge in [0.25, 0.3) is 6.29 Å². The first-order chi connectivity index (χ1) is 27.1. The monoisotopic (exact) mass is 795 g/mol. The zero-order chi connectivity index (χ0) is 41.4. The minimum Gasteiger partial charge on any atom is -0.477 e. The van der Waals surface area contributed by atoms with Crippen LogP contribution < -0.4 is 0 Å². The lowest BCUT2D eigenvalue weighted by Gasteiger charge is -2.25. The number of carbonyl (C=O) groups excluding carboxylic acids is 2. The third-order valence-corrected chi connectivity index (χ3v) is 9.96. The van der Waals surface area contributed by atoms with Crippen LogP contribution in [0, 0.1) is 0 Å². The number of allylic oxidation sites excluding steroid dienone is 4. The van der Waals surface area contributed by atoms with E-state index in [1.807, 2.05) is 21.1 Å². The van der Waals surface area contributed by atoms with E-state index in [0.29, 0.717) is 17.4 Å². The minimum absolute atomic E-state index is 0.180. The van der Waals surface area contributed by atoms with Gasteiger partial charge in [-0.3, -0.25) is 9.59 Å². The van der Waals surface area contributed by atoms with E-state index in [-0.39, 0.29) is 32.2 Å². The molecule has 9 nitrogen and oxygen atoms in total.